The number of nitrogens with zero attached hydrogens (tertiary/aromatic N) is 5. The quantitative estimate of drug-likeness (QED) is 0.579. The molecular formula is C14H18N6O2S2. The lowest BCUT2D eigenvalue weighted by Crippen LogP contribution is -2.30. The predicted octanol–water partition coefficient (Wildman–Crippen LogP) is 1.31. The molecule has 2 aromatic rings. The molecule has 1 heterocycles. The van der Waals surface area contributed by atoms with E-state index in [9.17, 15) is 8.42 Å². The summed E-state index contributed by atoms with van der Waals surface area (Å²) in [6.45, 7) is 4.37. The fourth-order valence-corrected chi connectivity index (χ4v) is 4.20. The molecule has 8 nitrogen and oxygen atoms in total. The van der Waals surface area contributed by atoms with Crippen LogP contribution in [0.5, 0.6) is 0 Å². The van der Waals surface area contributed by atoms with Crippen molar-refractivity contribution in [3.05, 3.63) is 24.3 Å². The van der Waals surface area contributed by atoms with Crippen molar-refractivity contribution in [3.8, 4) is 17.5 Å². The third kappa shape index (κ3) is 3.53. The van der Waals surface area contributed by atoms with Crippen molar-refractivity contribution in [2.75, 3.05) is 24.7 Å². The van der Waals surface area contributed by atoms with Crippen LogP contribution in [-0.2, 0) is 10.0 Å². The van der Waals surface area contributed by atoms with Crippen LogP contribution in [-0.4, -0.2) is 46.4 Å². The molecule has 0 saturated heterocycles. The monoisotopic (exact) mass is 366 g/mol. The van der Waals surface area contributed by atoms with Gasteiger partial charge in [-0.1, -0.05) is 37.7 Å². The number of benzene rings is 1. The van der Waals surface area contributed by atoms with Gasteiger partial charge in [0, 0.05) is 18.7 Å². The van der Waals surface area contributed by atoms with Gasteiger partial charge in [0.25, 0.3) is 0 Å². The van der Waals surface area contributed by atoms with Gasteiger partial charge in [-0.15, -0.1) is 10.2 Å². The molecule has 1 aromatic heterocycles. The molecular weight excluding hydrogens is 348 g/mol. The van der Waals surface area contributed by atoms with E-state index in [-0.39, 0.29) is 10.6 Å². The summed E-state index contributed by atoms with van der Waals surface area (Å²) in [5.41, 5.74) is 0.544. The molecule has 10 heteroatoms. The summed E-state index contributed by atoms with van der Waals surface area (Å²) in [4.78, 5) is 0.179. The van der Waals surface area contributed by atoms with Crippen molar-refractivity contribution in [2.45, 2.75) is 23.9 Å². The molecule has 2 N–H and O–H groups in total. The highest BCUT2D eigenvalue weighted by molar-refractivity contribution is 7.99. The number of rotatable bonds is 7. The van der Waals surface area contributed by atoms with Gasteiger partial charge < -0.3 is 5.84 Å². The maximum atomic E-state index is 12.6. The maximum Gasteiger partial charge on any atom is 0.243 e. The number of nitrogen functional groups attached to an aromatic ring is 1. The van der Waals surface area contributed by atoms with Gasteiger partial charge in [0.2, 0.25) is 15.2 Å². The molecule has 0 aliphatic rings. The summed E-state index contributed by atoms with van der Waals surface area (Å²) in [5.74, 6) is 6.49. The Morgan fingerprint density at radius 2 is 2.04 bits per heavy atom. The molecule has 0 unspecified atom stereocenters. The molecule has 0 saturated carbocycles. The largest absolute Gasteiger partial charge is 0.335 e. The highest BCUT2D eigenvalue weighted by Crippen LogP contribution is 2.25. The van der Waals surface area contributed by atoms with Crippen LogP contribution in [0.4, 0.5) is 0 Å². The van der Waals surface area contributed by atoms with Crippen LogP contribution in [0.15, 0.2) is 34.3 Å². The van der Waals surface area contributed by atoms with Crippen molar-refractivity contribution in [1.29, 1.82) is 5.26 Å². The minimum absolute atomic E-state index is 0.179. The lowest BCUT2D eigenvalue weighted by Gasteiger charge is -2.18. The first-order valence-corrected chi connectivity index (χ1v) is 9.69. The van der Waals surface area contributed by atoms with Crippen LogP contribution in [0.1, 0.15) is 13.8 Å². The Balaban J connectivity index is 2.42. The van der Waals surface area contributed by atoms with E-state index in [1.165, 1.54) is 15.0 Å². The van der Waals surface area contributed by atoms with Crippen LogP contribution in [0.25, 0.3) is 11.4 Å². The van der Waals surface area contributed by atoms with Gasteiger partial charge in [0.05, 0.1) is 16.7 Å². The first kappa shape index (κ1) is 18.3. The molecule has 0 aliphatic heterocycles. The summed E-state index contributed by atoms with van der Waals surface area (Å²) in [5, 5.41) is 16.9. The third-order valence-electron chi connectivity index (χ3n) is 3.37. The number of nitriles is 1. The zero-order valence-electron chi connectivity index (χ0n) is 13.4. The van der Waals surface area contributed by atoms with Crippen molar-refractivity contribution in [3.63, 3.8) is 0 Å². The maximum absolute atomic E-state index is 12.6. The lowest BCUT2D eigenvalue weighted by molar-refractivity contribution is 0.445. The molecule has 128 valence electrons. The first-order valence-electron chi connectivity index (χ1n) is 7.26. The minimum atomic E-state index is -3.57. The molecule has 0 fully saturated rings. The molecule has 1 aromatic carbocycles. The Kier molecular flexibility index (Phi) is 5.82. The lowest BCUT2D eigenvalue weighted by atomic mass is 10.2. The van der Waals surface area contributed by atoms with Gasteiger partial charge in [-0.2, -0.15) is 9.57 Å². The van der Waals surface area contributed by atoms with E-state index in [1.807, 2.05) is 6.07 Å². The van der Waals surface area contributed by atoms with Gasteiger partial charge >= 0.3 is 0 Å². The SMILES string of the molecule is CCN(CC)S(=O)(=O)c1cccc(-c2nnc(SCC#N)n2N)c1. The summed E-state index contributed by atoms with van der Waals surface area (Å²) in [6, 6.07) is 8.41. The summed E-state index contributed by atoms with van der Waals surface area (Å²) < 4.78 is 27.9. The molecule has 0 spiro atoms. The fourth-order valence-electron chi connectivity index (χ4n) is 2.18. The number of hydrogen-bond donors (Lipinski definition) is 1. The number of hydrogen-bond acceptors (Lipinski definition) is 7. The molecule has 24 heavy (non-hydrogen) atoms. The second-order valence-corrected chi connectivity index (χ2v) is 7.62. The minimum Gasteiger partial charge on any atom is -0.335 e. The summed E-state index contributed by atoms with van der Waals surface area (Å²) in [6.07, 6.45) is 0. The molecule has 0 bridgehead atoms. The average molecular weight is 366 g/mol. The van der Waals surface area contributed by atoms with E-state index in [4.69, 9.17) is 11.1 Å². The molecule has 0 radical (unpaired) electrons. The smallest absolute Gasteiger partial charge is 0.243 e. The normalized spacial score (nSPS) is 11.6. The Hall–Kier alpha value is -2.09. The predicted molar refractivity (Wildman–Crippen MR) is 92.1 cm³/mol. The van der Waals surface area contributed by atoms with E-state index >= 15 is 0 Å². The van der Waals surface area contributed by atoms with Crippen molar-refractivity contribution in [1.82, 2.24) is 19.2 Å². The average Bonchev–Trinajstić information content (AvgIpc) is 2.94. The molecule has 0 amide bonds. The van der Waals surface area contributed by atoms with Gasteiger partial charge in [-0.3, -0.25) is 0 Å². The van der Waals surface area contributed by atoms with Crippen LogP contribution < -0.4 is 5.84 Å². The Labute approximate surface area is 145 Å². The van der Waals surface area contributed by atoms with E-state index in [1.54, 1.807) is 32.0 Å². The van der Waals surface area contributed by atoms with Crippen LogP contribution >= 0.6 is 11.8 Å². The number of aromatic nitrogens is 3. The fraction of sp³-hybridized carbons (Fsp3) is 0.357. The number of sulfonamides is 1. The van der Waals surface area contributed by atoms with E-state index in [0.29, 0.717) is 29.6 Å². The van der Waals surface area contributed by atoms with Crippen molar-refractivity contribution < 1.29 is 8.42 Å². The molecule has 0 aliphatic carbocycles. The zero-order chi connectivity index (χ0) is 17.7. The Morgan fingerprint density at radius 1 is 1.33 bits per heavy atom. The number of nitrogens with two attached hydrogens (primary N) is 1. The highest BCUT2D eigenvalue weighted by atomic mass is 32.2. The van der Waals surface area contributed by atoms with Crippen LogP contribution in [0.3, 0.4) is 0 Å². The highest BCUT2D eigenvalue weighted by Gasteiger charge is 2.22. The van der Waals surface area contributed by atoms with E-state index in [0.717, 1.165) is 11.8 Å². The number of thioether (sulfide) groups is 1. The Morgan fingerprint density at radius 3 is 2.67 bits per heavy atom. The van der Waals surface area contributed by atoms with Gasteiger partial charge in [0.15, 0.2) is 5.82 Å². The second kappa shape index (κ2) is 7.65. The van der Waals surface area contributed by atoms with Crippen molar-refractivity contribution >= 4 is 21.8 Å². The topological polar surface area (TPSA) is 118 Å². The molecule has 0 atom stereocenters. The summed E-state index contributed by atoms with van der Waals surface area (Å²) >= 11 is 1.16. The van der Waals surface area contributed by atoms with Gasteiger partial charge in [0.1, 0.15) is 0 Å². The molecule has 2 rings (SSSR count). The van der Waals surface area contributed by atoms with Gasteiger partial charge in [-0.05, 0) is 12.1 Å². The second-order valence-electron chi connectivity index (χ2n) is 4.74. The standard InChI is InChI=1S/C14H18N6O2S2/c1-3-19(4-2)24(21,22)12-7-5-6-11(10-12)13-17-18-14(20(13)16)23-9-8-15/h5-7,10H,3-4,9,16H2,1-2H3. The van der Waals surface area contributed by atoms with E-state index in [2.05, 4.69) is 10.2 Å². The van der Waals surface area contributed by atoms with Crippen LogP contribution in [0.2, 0.25) is 0 Å². The van der Waals surface area contributed by atoms with Crippen LogP contribution in [0, 0.1) is 11.3 Å². The van der Waals surface area contributed by atoms with E-state index < -0.39 is 10.0 Å². The Bertz CT molecular complexity index is 852. The first-order chi connectivity index (χ1) is 11.5. The van der Waals surface area contributed by atoms with Crippen molar-refractivity contribution in [2.24, 2.45) is 0 Å². The summed E-state index contributed by atoms with van der Waals surface area (Å²) in [7, 11) is -3.57. The third-order valence-corrected chi connectivity index (χ3v) is 6.22. The zero-order valence-corrected chi connectivity index (χ0v) is 15.0. The van der Waals surface area contributed by atoms with Gasteiger partial charge in [-0.25, -0.2) is 13.1 Å².